The smallest absolute Gasteiger partial charge is 0.202 e. The molecule has 0 aliphatic heterocycles. The summed E-state index contributed by atoms with van der Waals surface area (Å²) in [6.07, 6.45) is 0.698. The van der Waals surface area contributed by atoms with E-state index < -0.39 is 5.82 Å². The second-order valence-corrected chi connectivity index (χ2v) is 5.46. The van der Waals surface area contributed by atoms with Crippen molar-refractivity contribution in [3.8, 4) is 0 Å². The monoisotopic (exact) mass is 374 g/mol. The van der Waals surface area contributed by atoms with Crippen molar-refractivity contribution < 1.29 is 19.0 Å². The molecule has 10 heteroatoms. The van der Waals surface area contributed by atoms with Crippen molar-refractivity contribution in [2.45, 2.75) is 5.03 Å². The normalized spacial score (nSPS) is 11.4. The average Bonchev–Trinajstić information content (AvgIpc) is 2.94. The van der Waals surface area contributed by atoms with E-state index in [2.05, 4.69) is 41.3 Å². The van der Waals surface area contributed by atoms with Crippen LogP contribution >= 0.6 is 27.7 Å². The predicted molar refractivity (Wildman–Crippen MR) is 77.1 cm³/mol. The van der Waals surface area contributed by atoms with Gasteiger partial charge in [-0.3, -0.25) is 0 Å². The molecular formula is C11H8BrFN4O3S. The third kappa shape index (κ3) is 3.79. The number of benzene rings is 1. The largest absolute Gasteiger partial charge is 0.409 e. The topological polar surface area (TPSA) is 101 Å². The Balaban J connectivity index is 2.22. The van der Waals surface area contributed by atoms with E-state index in [4.69, 9.17) is 5.21 Å². The molecule has 0 saturated carbocycles. The Morgan fingerprint density at radius 1 is 1.57 bits per heavy atom. The first kappa shape index (κ1) is 15.4. The standard InChI is InChI=1S/C11H8BrFN4O3S/c12-7-5-6(1-2-8(7)13)14-10(15-19)9-11(17-20-16-9)21-4-3-18/h1-3,5,19H,4H2,(H,14,15). The van der Waals surface area contributed by atoms with Crippen LogP contribution in [0.3, 0.4) is 0 Å². The molecule has 0 saturated heterocycles. The SMILES string of the molecule is O=CCSc1nonc1/C(=N/O)Nc1ccc(F)c(Br)c1. The van der Waals surface area contributed by atoms with Gasteiger partial charge in [0, 0.05) is 5.69 Å². The predicted octanol–water partition coefficient (Wildman–Crippen LogP) is 2.51. The lowest BCUT2D eigenvalue weighted by Crippen LogP contribution is -2.15. The Labute approximate surface area is 130 Å². The first-order chi connectivity index (χ1) is 10.2. The lowest BCUT2D eigenvalue weighted by atomic mass is 10.3. The lowest BCUT2D eigenvalue weighted by Gasteiger charge is -2.07. The number of nitrogens with zero attached hydrogens (tertiary/aromatic N) is 3. The van der Waals surface area contributed by atoms with Crippen LogP contribution in [-0.4, -0.2) is 33.4 Å². The summed E-state index contributed by atoms with van der Waals surface area (Å²) in [6, 6.07) is 4.16. The number of thioether (sulfide) groups is 1. The molecule has 0 radical (unpaired) electrons. The number of hydrogen-bond donors (Lipinski definition) is 2. The highest BCUT2D eigenvalue weighted by molar-refractivity contribution is 9.10. The van der Waals surface area contributed by atoms with Crippen molar-refractivity contribution in [1.82, 2.24) is 10.3 Å². The van der Waals surface area contributed by atoms with Gasteiger partial charge >= 0.3 is 0 Å². The van der Waals surface area contributed by atoms with Crippen LogP contribution < -0.4 is 5.32 Å². The van der Waals surface area contributed by atoms with Gasteiger partial charge in [-0.15, -0.1) is 0 Å². The summed E-state index contributed by atoms with van der Waals surface area (Å²) in [5.74, 6) is -0.307. The van der Waals surface area contributed by atoms with Gasteiger partial charge in [-0.25, -0.2) is 9.02 Å². The molecule has 0 bridgehead atoms. The molecular weight excluding hydrogens is 367 g/mol. The van der Waals surface area contributed by atoms with Crippen LogP contribution in [0.1, 0.15) is 5.69 Å². The van der Waals surface area contributed by atoms with Crippen LogP contribution in [0, 0.1) is 5.82 Å². The number of oxime groups is 1. The van der Waals surface area contributed by atoms with Crippen molar-refractivity contribution in [1.29, 1.82) is 0 Å². The molecule has 0 amide bonds. The number of nitrogens with one attached hydrogen (secondary N) is 1. The second kappa shape index (κ2) is 7.18. The van der Waals surface area contributed by atoms with Gasteiger partial charge in [-0.05, 0) is 44.4 Å². The molecule has 0 spiro atoms. The van der Waals surface area contributed by atoms with E-state index >= 15 is 0 Å². The van der Waals surface area contributed by atoms with E-state index in [0.29, 0.717) is 17.0 Å². The summed E-state index contributed by atoms with van der Waals surface area (Å²) in [7, 11) is 0. The summed E-state index contributed by atoms with van der Waals surface area (Å²) < 4.78 is 18.0. The molecule has 1 aromatic carbocycles. The minimum absolute atomic E-state index is 0.0387. The van der Waals surface area contributed by atoms with Crippen molar-refractivity contribution >= 4 is 45.5 Å². The van der Waals surface area contributed by atoms with Crippen LogP contribution in [0.4, 0.5) is 10.1 Å². The van der Waals surface area contributed by atoms with Gasteiger partial charge in [0.25, 0.3) is 0 Å². The maximum Gasteiger partial charge on any atom is 0.202 e. The van der Waals surface area contributed by atoms with Gasteiger partial charge in [-0.1, -0.05) is 16.9 Å². The zero-order valence-electron chi connectivity index (χ0n) is 10.3. The third-order valence-electron chi connectivity index (χ3n) is 2.25. The molecule has 1 aromatic heterocycles. The number of aldehydes is 1. The molecule has 21 heavy (non-hydrogen) atoms. The van der Waals surface area contributed by atoms with Gasteiger partial charge in [-0.2, -0.15) is 0 Å². The Bertz CT molecular complexity index is 679. The van der Waals surface area contributed by atoms with Crippen LogP contribution in [-0.2, 0) is 4.79 Å². The maximum absolute atomic E-state index is 13.2. The second-order valence-electron chi connectivity index (χ2n) is 3.60. The van der Waals surface area contributed by atoms with E-state index in [0.717, 1.165) is 11.8 Å². The van der Waals surface area contributed by atoms with Crippen LogP contribution in [0.2, 0.25) is 0 Å². The van der Waals surface area contributed by atoms with Gasteiger partial charge in [0.15, 0.2) is 10.7 Å². The summed E-state index contributed by atoms with van der Waals surface area (Å²) >= 11 is 4.13. The number of carbonyl (C=O) groups excluding carboxylic acids is 1. The van der Waals surface area contributed by atoms with Gasteiger partial charge < -0.3 is 15.3 Å². The zero-order chi connectivity index (χ0) is 15.2. The molecule has 0 aliphatic rings. The Kier molecular flexibility index (Phi) is 5.28. The molecule has 0 atom stereocenters. The molecule has 7 nitrogen and oxygen atoms in total. The van der Waals surface area contributed by atoms with Crippen LogP contribution in [0.5, 0.6) is 0 Å². The highest BCUT2D eigenvalue weighted by atomic mass is 79.9. The van der Waals surface area contributed by atoms with Crippen molar-refractivity contribution in [2.24, 2.45) is 5.16 Å². The van der Waals surface area contributed by atoms with Crippen LogP contribution in [0.25, 0.3) is 0 Å². The number of anilines is 1. The van der Waals surface area contributed by atoms with E-state index in [1.54, 1.807) is 0 Å². The highest BCUT2D eigenvalue weighted by Gasteiger charge is 2.18. The van der Waals surface area contributed by atoms with Crippen molar-refractivity contribution in [3.05, 3.63) is 34.2 Å². The minimum atomic E-state index is -0.423. The number of amidine groups is 1. The molecule has 1 heterocycles. The van der Waals surface area contributed by atoms with Crippen LogP contribution in [0.15, 0.2) is 37.5 Å². The Hall–Kier alpha value is -1.94. The molecule has 110 valence electrons. The molecule has 2 aromatic rings. The fourth-order valence-corrected chi connectivity index (χ4v) is 2.34. The molecule has 0 fully saturated rings. The number of aromatic nitrogens is 2. The summed E-state index contributed by atoms with van der Waals surface area (Å²) in [5.41, 5.74) is 0.607. The van der Waals surface area contributed by atoms with E-state index in [1.165, 1.54) is 18.2 Å². The maximum atomic E-state index is 13.2. The number of hydrogen-bond acceptors (Lipinski definition) is 7. The molecule has 0 aliphatic carbocycles. The fourth-order valence-electron chi connectivity index (χ4n) is 1.37. The molecule has 2 N–H and O–H groups in total. The van der Waals surface area contributed by atoms with E-state index in [-0.39, 0.29) is 21.8 Å². The quantitative estimate of drug-likeness (QED) is 0.207. The first-order valence-electron chi connectivity index (χ1n) is 5.49. The summed E-state index contributed by atoms with van der Waals surface area (Å²) in [5, 5.41) is 22.4. The molecule has 0 unspecified atom stereocenters. The highest BCUT2D eigenvalue weighted by Crippen LogP contribution is 2.22. The average molecular weight is 375 g/mol. The Morgan fingerprint density at radius 2 is 2.38 bits per heavy atom. The van der Waals surface area contributed by atoms with Crippen molar-refractivity contribution in [3.63, 3.8) is 0 Å². The summed E-state index contributed by atoms with van der Waals surface area (Å²) in [6.45, 7) is 0. The number of halogens is 2. The van der Waals surface area contributed by atoms with Gasteiger partial charge in [0.2, 0.25) is 5.84 Å². The van der Waals surface area contributed by atoms with E-state index in [9.17, 15) is 9.18 Å². The molecule has 2 rings (SSSR count). The van der Waals surface area contributed by atoms with Crippen molar-refractivity contribution in [2.75, 3.05) is 11.1 Å². The van der Waals surface area contributed by atoms with Gasteiger partial charge in [0.1, 0.15) is 12.1 Å². The number of carbonyl (C=O) groups is 1. The first-order valence-corrected chi connectivity index (χ1v) is 7.27. The van der Waals surface area contributed by atoms with E-state index in [1.807, 2.05) is 0 Å². The lowest BCUT2D eigenvalue weighted by molar-refractivity contribution is -0.105. The Morgan fingerprint density at radius 3 is 3.05 bits per heavy atom. The van der Waals surface area contributed by atoms with Gasteiger partial charge in [0.05, 0.1) is 10.2 Å². The third-order valence-corrected chi connectivity index (χ3v) is 3.70. The summed E-state index contributed by atoms with van der Waals surface area (Å²) in [4.78, 5) is 10.4. The fraction of sp³-hybridized carbons (Fsp3) is 0.0909. The zero-order valence-corrected chi connectivity index (χ0v) is 12.7. The minimum Gasteiger partial charge on any atom is -0.409 e. The number of rotatable bonds is 5.